The zero-order chi connectivity index (χ0) is 11.5. The molecule has 0 radical (unpaired) electrons. The third-order valence-corrected chi connectivity index (χ3v) is 2.98. The van der Waals surface area contributed by atoms with Crippen molar-refractivity contribution in [3.63, 3.8) is 0 Å². The summed E-state index contributed by atoms with van der Waals surface area (Å²) >= 11 is 3.14. The molecule has 0 spiro atoms. The van der Waals surface area contributed by atoms with Crippen molar-refractivity contribution in [2.45, 2.75) is 6.54 Å². The van der Waals surface area contributed by atoms with Crippen molar-refractivity contribution >= 4 is 21.6 Å². The molecule has 0 saturated carbocycles. The van der Waals surface area contributed by atoms with Gasteiger partial charge in [0.25, 0.3) is 5.56 Å². The van der Waals surface area contributed by atoms with Crippen molar-refractivity contribution < 1.29 is 0 Å². The van der Waals surface area contributed by atoms with Crippen LogP contribution in [0.5, 0.6) is 0 Å². The molecule has 0 aliphatic heterocycles. The standard InChI is InChI=1S/C11H10BrN3O/c12-10-9(13)6-14-15(11(10)16)7-8-4-2-1-3-5-8/h1-6H,7,13H2. The summed E-state index contributed by atoms with van der Waals surface area (Å²) in [6.45, 7) is 0.443. The van der Waals surface area contributed by atoms with Crippen LogP contribution in [0.25, 0.3) is 0 Å². The van der Waals surface area contributed by atoms with Crippen LogP contribution < -0.4 is 11.3 Å². The maximum atomic E-state index is 11.8. The topological polar surface area (TPSA) is 60.9 Å². The van der Waals surface area contributed by atoms with Gasteiger partial charge in [0, 0.05) is 0 Å². The average Bonchev–Trinajstić information content (AvgIpc) is 2.31. The Kier molecular flexibility index (Phi) is 3.05. The van der Waals surface area contributed by atoms with Crippen LogP contribution in [0.1, 0.15) is 5.56 Å². The lowest BCUT2D eigenvalue weighted by Crippen LogP contribution is -2.24. The smallest absolute Gasteiger partial charge is 0.283 e. The molecule has 1 heterocycles. The third kappa shape index (κ3) is 2.14. The number of rotatable bonds is 2. The molecule has 16 heavy (non-hydrogen) atoms. The van der Waals surface area contributed by atoms with E-state index in [1.165, 1.54) is 10.9 Å². The van der Waals surface area contributed by atoms with Crippen LogP contribution in [-0.2, 0) is 6.54 Å². The normalized spacial score (nSPS) is 10.3. The number of hydrogen-bond acceptors (Lipinski definition) is 3. The Labute approximate surface area is 101 Å². The predicted octanol–water partition coefficient (Wildman–Crippen LogP) is 1.64. The Hall–Kier alpha value is -1.62. The molecule has 2 rings (SSSR count). The first-order valence-electron chi connectivity index (χ1n) is 4.73. The highest BCUT2D eigenvalue weighted by Gasteiger charge is 2.05. The summed E-state index contributed by atoms with van der Waals surface area (Å²) in [6, 6.07) is 9.66. The second-order valence-electron chi connectivity index (χ2n) is 3.36. The van der Waals surface area contributed by atoms with Crippen molar-refractivity contribution in [2.24, 2.45) is 0 Å². The largest absolute Gasteiger partial charge is 0.396 e. The van der Waals surface area contributed by atoms with Crippen LogP contribution in [0.15, 0.2) is 45.8 Å². The van der Waals surface area contributed by atoms with Gasteiger partial charge in [0.15, 0.2) is 0 Å². The zero-order valence-electron chi connectivity index (χ0n) is 8.43. The summed E-state index contributed by atoms with van der Waals surface area (Å²) in [4.78, 5) is 11.8. The fourth-order valence-corrected chi connectivity index (χ4v) is 1.65. The fraction of sp³-hybridized carbons (Fsp3) is 0.0909. The minimum absolute atomic E-state index is 0.219. The van der Waals surface area contributed by atoms with Gasteiger partial charge in [-0.15, -0.1) is 0 Å². The Balaban J connectivity index is 2.37. The molecular weight excluding hydrogens is 270 g/mol. The summed E-state index contributed by atoms with van der Waals surface area (Å²) in [7, 11) is 0. The van der Waals surface area contributed by atoms with Gasteiger partial charge in [-0.3, -0.25) is 4.79 Å². The van der Waals surface area contributed by atoms with E-state index in [4.69, 9.17) is 5.73 Å². The van der Waals surface area contributed by atoms with E-state index in [0.717, 1.165) is 5.56 Å². The van der Waals surface area contributed by atoms with Crippen molar-refractivity contribution in [1.82, 2.24) is 9.78 Å². The Morgan fingerprint density at radius 3 is 2.69 bits per heavy atom. The van der Waals surface area contributed by atoms with Crippen LogP contribution in [-0.4, -0.2) is 9.78 Å². The summed E-state index contributed by atoms with van der Waals surface area (Å²) < 4.78 is 1.73. The molecule has 4 nitrogen and oxygen atoms in total. The van der Waals surface area contributed by atoms with Gasteiger partial charge < -0.3 is 5.73 Å². The summed E-state index contributed by atoms with van der Waals surface area (Å²) in [5.74, 6) is 0. The van der Waals surface area contributed by atoms with E-state index in [-0.39, 0.29) is 5.56 Å². The number of benzene rings is 1. The average molecular weight is 280 g/mol. The molecule has 1 aromatic carbocycles. The lowest BCUT2D eigenvalue weighted by molar-refractivity contribution is 0.637. The molecule has 0 atom stereocenters. The Bertz CT molecular complexity index is 551. The minimum atomic E-state index is -0.219. The number of nitrogens with two attached hydrogens (primary N) is 1. The highest BCUT2D eigenvalue weighted by Crippen LogP contribution is 2.11. The van der Waals surface area contributed by atoms with E-state index < -0.39 is 0 Å². The second-order valence-corrected chi connectivity index (χ2v) is 4.16. The molecule has 2 aromatic rings. The van der Waals surface area contributed by atoms with Gasteiger partial charge in [-0.25, -0.2) is 4.68 Å². The molecule has 0 bridgehead atoms. The molecular formula is C11H10BrN3O. The molecule has 82 valence electrons. The molecule has 5 heteroatoms. The number of aromatic nitrogens is 2. The molecule has 0 unspecified atom stereocenters. The number of anilines is 1. The van der Waals surface area contributed by atoms with E-state index in [1.807, 2.05) is 30.3 Å². The maximum Gasteiger partial charge on any atom is 0.283 e. The van der Waals surface area contributed by atoms with Crippen LogP contribution in [0.2, 0.25) is 0 Å². The molecule has 0 aliphatic rings. The van der Waals surface area contributed by atoms with Gasteiger partial charge in [-0.1, -0.05) is 30.3 Å². The lowest BCUT2D eigenvalue weighted by Gasteiger charge is -2.05. The van der Waals surface area contributed by atoms with E-state index in [9.17, 15) is 4.79 Å². The first-order valence-corrected chi connectivity index (χ1v) is 5.53. The van der Waals surface area contributed by atoms with Crippen molar-refractivity contribution in [1.29, 1.82) is 0 Å². The van der Waals surface area contributed by atoms with Crippen LogP contribution in [0.4, 0.5) is 5.69 Å². The van der Waals surface area contributed by atoms with Gasteiger partial charge in [0.05, 0.1) is 18.4 Å². The van der Waals surface area contributed by atoms with Gasteiger partial charge in [-0.05, 0) is 21.5 Å². The fourth-order valence-electron chi connectivity index (χ4n) is 1.35. The van der Waals surface area contributed by atoms with E-state index in [0.29, 0.717) is 16.7 Å². The third-order valence-electron chi connectivity index (χ3n) is 2.19. The first kappa shape index (κ1) is 10.9. The second kappa shape index (κ2) is 4.49. The monoisotopic (exact) mass is 279 g/mol. The van der Waals surface area contributed by atoms with E-state index in [1.54, 1.807) is 0 Å². The molecule has 0 saturated heterocycles. The van der Waals surface area contributed by atoms with Gasteiger partial charge >= 0.3 is 0 Å². The molecule has 1 aromatic heterocycles. The van der Waals surface area contributed by atoms with E-state index in [2.05, 4.69) is 21.0 Å². The van der Waals surface area contributed by atoms with Gasteiger partial charge in [0.1, 0.15) is 4.47 Å². The van der Waals surface area contributed by atoms with Crippen molar-refractivity contribution in [3.8, 4) is 0 Å². The highest BCUT2D eigenvalue weighted by molar-refractivity contribution is 9.10. The van der Waals surface area contributed by atoms with E-state index >= 15 is 0 Å². The predicted molar refractivity (Wildman–Crippen MR) is 66.2 cm³/mol. The van der Waals surface area contributed by atoms with Gasteiger partial charge in [0.2, 0.25) is 0 Å². The number of nitrogen functional groups attached to an aromatic ring is 1. The highest BCUT2D eigenvalue weighted by atomic mass is 79.9. The summed E-state index contributed by atoms with van der Waals surface area (Å²) in [5, 5.41) is 3.98. The summed E-state index contributed by atoms with van der Waals surface area (Å²) in [5.41, 5.74) is 6.72. The van der Waals surface area contributed by atoms with Crippen LogP contribution >= 0.6 is 15.9 Å². The van der Waals surface area contributed by atoms with Gasteiger partial charge in [-0.2, -0.15) is 5.10 Å². The molecule has 0 fully saturated rings. The molecule has 0 amide bonds. The number of hydrogen-bond donors (Lipinski definition) is 1. The van der Waals surface area contributed by atoms with Crippen LogP contribution in [0.3, 0.4) is 0 Å². The Morgan fingerprint density at radius 2 is 2.00 bits per heavy atom. The number of halogens is 1. The number of nitrogens with zero attached hydrogens (tertiary/aromatic N) is 2. The summed E-state index contributed by atoms with van der Waals surface area (Å²) in [6.07, 6.45) is 1.47. The minimum Gasteiger partial charge on any atom is -0.396 e. The zero-order valence-corrected chi connectivity index (χ0v) is 10.0. The first-order chi connectivity index (χ1) is 7.68. The van der Waals surface area contributed by atoms with Crippen molar-refractivity contribution in [3.05, 3.63) is 56.9 Å². The Morgan fingerprint density at radius 1 is 1.31 bits per heavy atom. The molecule has 2 N–H and O–H groups in total. The van der Waals surface area contributed by atoms with Crippen molar-refractivity contribution in [2.75, 3.05) is 5.73 Å². The lowest BCUT2D eigenvalue weighted by atomic mass is 10.2. The SMILES string of the molecule is Nc1cnn(Cc2ccccc2)c(=O)c1Br. The maximum absolute atomic E-state index is 11.8. The van der Waals surface area contributed by atoms with Crippen LogP contribution in [0, 0.1) is 0 Å². The molecule has 0 aliphatic carbocycles. The quantitative estimate of drug-likeness (QED) is 0.909.